The third-order valence-electron chi connectivity index (χ3n) is 3.65. The van der Waals surface area contributed by atoms with E-state index in [1.807, 2.05) is 48.5 Å². The quantitative estimate of drug-likeness (QED) is 0.319. The summed E-state index contributed by atoms with van der Waals surface area (Å²) in [4.78, 5) is 12.0. The van der Waals surface area contributed by atoms with Gasteiger partial charge >= 0.3 is 5.97 Å². The topological polar surface area (TPSA) is 56.8 Å². The van der Waals surface area contributed by atoms with Gasteiger partial charge < -0.3 is 19.5 Å². The zero-order chi connectivity index (χ0) is 18.8. The van der Waals surface area contributed by atoms with Gasteiger partial charge in [0.25, 0.3) is 0 Å². The Bertz CT molecular complexity index is 766. The molecule has 5 heteroatoms. The van der Waals surface area contributed by atoms with Crippen molar-refractivity contribution in [3.8, 4) is 5.75 Å². The number of hydrogen-bond acceptors (Lipinski definition) is 5. The minimum atomic E-state index is -0.461. The Labute approximate surface area is 153 Å². The lowest BCUT2D eigenvalue weighted by atomic mass is 10.0. The number of ether oxygens (including phenoxy) is 3. The van der Waals surface area contributed by atoms with Crippen molar-refractivity contribution >= 4 is 17.2 Å². The molecule has 0 heterocycles. The fraction of sp³-hybridized carbons (Fsp3) is 0.190. The summed E-state index contributed by atoms with van der Waals surface area (Å²) in [5, 5.41) is 3.21. The van der Waals surface area contributed by atoms with Crippen LogP contribution >= 0.6 is 0 Å². The van der Waals surface area contributed by atoms with Crippen LogP contribution in [0, 0.1) is 0 Å². The lowest BCUT2D eigenvalue weighted by Crippen LogP contribution is -2.08. The number of carbonyl (C=O) groups excluding carboxylic acids is 1. The van der Waals surface area contributed by atoms with Crippen molar-refractivity contribution in [3.63, 3.8) is 0 Å². The van der Waals surface area contributed by atoms with Gasteiger partial charge in [-0.1, -0.05) is 30.3 Å². The van der Waals surface area contributed by atoms with Crippen molar-refractivity contribution in [2.45, 2.75) is 6.61 Å². The van der Waals surface area contributed by atoms with Gasteiger partial charge in [0.15, 0.2) is 0 Å². The molecule has 136 valence electrons. The Hall–Kier alpha value is -3.21. The number of methoxy groups -OCH3 is 2. The smallest absolute Gasteiger partial charge is 0.341 e. The number of rotatable bonds is 9. The summed E-state index contributed by atoms with van der Waals surface area (Å²) >= 11 is 0. The summed E-state index contributed by atoms with van der Waals surface area (Å²) in [6.07, 6.45) is 3.18. The van der Waals surface area contributed by atoms with E-state index in [-0.39, 0.29) is 0 Å². The van der Waals surface area contributed by atoms with Gasteiger partial charge in [-0.2, -0.15) is 0 Å². The van der Waals surface area contributed by atoms with E-state index in [4.69, 9.17) is 14.2 Å². The number of benzene rings is 2. The molecular formula is C21H23NO4. The molecule has 0 amide bonds. The lowest BCUT2D eigenvalue weighted by Gasteiger charge is -2.13. The summed E-state index contributed by atoms with van der Waals surface area (Å²) in [7, 11) is 2.83. The summed E-state index contributed by atoms with van der Waals surface area (Å²) in [5.74, 6) is 0.274. The van der Waals surface area contributed by atoms with Gasteiger partial charge in [0.1, 0.15) is 17.9 Å². The zero-order valence-corrected chi connectivity index (χ0v) is 15.0. The second-order valence-corrected chi connectivity index (χ2v) is 5.40. The molecule has 0 bridgehead atoms. The minimum Gasteiger partial charge on any atom is -0.503 e. The van der Waals surface area contributed by atoms with Gasteiger partial charge in [0.05, 0.1) is 20.5 Å². The van der Waals surface area contributed by atoms with Gasteiger partial charge in [-0.15, -0.1) is 6.58 Å². The number of carbonyl (C=O) groups is 1. The van der Waals surface area contributed by atoms with E-state index >= 15 is 0 Å². The molecule has 0 fully saturated rings. The average Bonchev–Trinajstić information content (AvgIpc) is 2.69. The molecule has 1 N–H and O–H groups in total. The van der Waals surface area contributed by atoms with Crippen LogP contribution in [0.5, 0.6) is 5.75 Å². The lowest BCUT2D eigenvalue weighted by molar-refractivity contribution is -0.133. The summed E-state index contributed by atoms with van der Waals surface area (Å²) in [6, 6.07) is 15.1. The van der Waals surface area contributed by atoms with E-state index in [0.29, 0.717) is 24.3 Å². The van der Waals surface area contributed by atoms with Crippen LogP contribution in [0.4, 0.5) is 5.69 Å². The summed E-state index contributed by atoms with van der Waals surface area (Å²) < 4.78 is 15.7. The van der Waals surface area contributed by atoms with Crippen molar-refractivity contribution in [2.24, 2.45) is 0 Å². The summed E-state index contributed by atoms with van der Waals surface area (Å²) in [5.41, 5.74) is 2.91. The second-order valence-electron chi connectivity index (χ2n) is 5.40. The number of nitrogens with one attached hydrogen (secondary N) is 1. The standard InChI is InChI=1S/C21H23NO4/c1-4-13-22-17-9-11-18(12-10-17)26-14-16-7-5-6-8-19(16)20(15-24-2)21(23)25-3/h4-12,15,22H,1,13-14H2,2-3H3. The molecule has 0 atom stereocenters. The van der Waals surface area contributed by atoms with Crippen LogP contribution in [0.25, 0.3) is 5.57 Å². The predicted octanol–water partition coefficient (Wildman–Crippen LogP) is 4.02. The van der Waals surface area contributed by atoms with Gasteiger partial charge in [-0.3, -0.25) is 0 Å². The van der Waals surface area contributed by atoms with Crippen LogP contribution in [-0.2, 0) is 20.9 Å². The molecular weight excluding hydrogens is 330 g/mol. The highest BCUT2D eigenvalue weighted by atomic mass is 16.5. The molecule has 0 radical (unpaired) electrons. The van der Waals surface area contributed by atoms with E-state index in [9.17, 15) is 4.79 Å². The predicted molar refractivity (Wildman–Crippen MR) is 103 cm³/mol. The SMILES string of the molecule is C=CCNc1ccc(OCc2ccccc2C(=COC)C(=O)OC)cc1. The van der Waals surface area contributed by atoms with E-state index < -0.39 is 5.97 Å². The summed E-state index contributed by atoms with van der Waals surface area (Å²) in [6.45, 7) is 4.69. The van der Waals surface area contributed by atoms with Gasteiger partial charge in [-0.25, -0.2) is 4.79 Å². The normalized spacial score (nSPS) is 10.8. The molecule has 0 saturated carbocycles. The Morgan fingerprint density at radius 3 is 2.50 bits per heavy atom. The van der Waals surface area contributed by atoms with Crippen LogP contribution in [0.2, 0.25) is 0 Å². The van der Waals surface area contributed by atoms with Crippen LogP contribution in [0.3, 0.4) is 0 Å². The average molecular weight is 353 g/mol. The molecule has 26 heavy (non-hydrogen) atoms. The Kier molecular flexibility index (Phi) is 7.31. The van der Waals surface area contributed by atoms with E-state index in [1.165, 1.54) is 20.5 Å². The first-order valence-corrected chi connectivity index (χ1v) is 8.16. The number of anilines is 1. The first-order chi connectivity index (χ1) is 12.7. The van der Waals surface area contributed by atoms with Crippen molar-refractivity contribution in [1.29, 1.82) is 0 Å². The third kappa shape index (κ3) is 5.14. The van der Waals surface area contributed by atoms with Crippen LogP contribution < -0.4 is 10.1 Å². The molecule has 0 spiro atoms. The molecule has 2 aromatic carbocycles. The highest BCUT2D eigenvalue weighted by molar-refractivity contribution is 6.16. The first-order valence-electron chi connectivity index (χ1n) is 8.16. The molecule has 2 rings (SSSR count). The van der Waals surface area contributed by atoms with Gasteiger partial charge in [0, 0.05) is 12.2 Å². The molecule has 0 aliphatic carbocycles. The molecule has 0 aliphatic heterocycles. The minimum absolute atomic E-state index is 0.313. The Morgan fingerprint density at radius 1 is 1.12 bits per heavy atom. The third-order valence-corrected chi connectivity index (χ3v) is 3.65. The molecule has 2 aromatic rings. The van der Waals surface area contributed by atoms with E-state index in [0.717, 1.165) is 17.0 Å². The van der Waals surface area contributed by atoms with Crippen LogP contribution in [0.1, 0.15) is 11.1 Å². The highest BCUT2D eigenvalue weighted by Crippen LogP contribution is 2.23. The maximum atomic E-state index is 12.0. The maximum Gasteiger partial charge on any atom is 0.341 e. The zero-order valence-electron chi connectivity index (χ0n) is 15.0. The van der Waals surface area contributed by atoms with E-state index in [2.05, 4.69) is 11.9 Å². The van der Waals surface area contributed by atoms with Gasteiger partial charge in [-0.05, 0) is 35.4 Å². The molecule has 5 nitrogen and oxygen atoms in total. The molecule has 0 unspecified atom stereocenters. The molecule has 0 saturated heterocycles. The second kappa shape index (κ2) is 9.93. The molecule has 0 aliphatic rings. The van der Waals surface area contributed by atoms with E-state index in [1.54, 1.807) is 6.08 Å². The van der Waals surface area contributed by atoms with Crippen LogP contribution in [0.15, 0.2) is 67.4 Å². The van der Waals surface area contributed by atoms with Crippen molar-refractivity contribution in [1.82, 2.24) is 0 Å². The monoisotopic (exact) mass is 353 g/mol. The van der Waals surface area contributed by atoms with Crippen molar-refractivity contribution < 1.29 is 19.0 Å². The Morgan fingerprint density at radius 2 is 1.85 bits per heavy atom. The van der Waals surface area contributed by atoms with Gasteiger partial charge in [0.2, 0.25) is 0 Å². The fourth-order valence-electron chi connectivity index (χ4n) is 2.38. The maximum absolute atomic E-state index is 12.0. The number of hydrogen-bond donors (Lipinski definition) is 1. The van der Waals surface area contributed by atoms with Crippen molar-refractivity contribution in [2.75, 3.05) is 26.1 Å². The molecule has 0 aromatic heterocycles. The number of esters is 1. The van der Waals surface area contributed by atoms with Crippen molar-refractivity contribution in [3.05, 3.63) is 78.6 Å². The Balaban J connectivity index is 2.14. The largest absolute Gasteiger partial charge is 0.503 e. The van der Waals surface area contributed by atoms with Crippen LogP contribution in [-0.4, -0.2) is 26.7 Å². The first kappa shape index (κ1) is 19.1. The fourth-order valence-corrected chi connectivity index (χ4v) is 2.38. The highest BCUT2D eigenvalue weighted by Gasteiger charge is 2.16.